The minimum Gasteiger partial charge on any atom is -0.481 e. The molecule has 104 valence electrons. The number of nitrogens with zero attached hydrogens (tertiary/aromatic N) is 1. The van der Waals surface area contributed by atoms with Gasteiger partial charge in [-0.05, 0) is 25.1 Å². The molecule has 3 rings (SSSR count). The molecular weight excluding hydrogens is 326 g/mol. The van der Waals surface area contributed by atoms with Gasteiger partial charge in [-0.3, -0.25) is 9.59 Å². The molecule has 0 atom stereocenters. The molecule has 2 aromatic rings. The van der Waals surface area contributed by atoms with Gasteiger partial charge in [-0.15, -0.1) is 0 Å². The third-order valence-electron chi connectivity index (χ3n) is 3.61. The highest BCUT2D eigenvalue weighted by Crippen LogP contribution is 2.30. The van der Waals surface area contributed by atoms with Crippen molar-refractivity contribution in [1.29, 1.82) is 0 Å². The highest BCUT2D eigenvalue weighted by molar-refractivity contribution is 9.10. The number of carboxylic acid groups (broad SMARTS) is 1. The molecule has 0 radical (unpaired) electrons. The van der Waals surface area contributed by atoms with Crippen LogP contribution in [0.2, 0.25) is 0 Å². The number of amides is 1. The first-order chi connectivity index (χ1) is 9.47. The van der Waals surface area contributed by atoms with Gasteiger partial charge in [0.25, 0.3) is 5.91 Å². The number of benzene rings is 1. The predicted octanol–water partition coefficient (Wildman–Crippen LogP) is 2.66. The number of likely N-dealkylation sites (tertiary alicyclic amines) is 1. The largest absolute Gasteiger partial charge is 0.481 e. The van der Waals surface area contributed by atoms with Gasteiger partial charge in [0.2, 0.25) is 0 Å². The zero-order valence-corrected chi connectivity index (χ0v) is 12.3. The monoisotopic (exact) mass is 337 g/mol. The van der Waals surface area contributed by atoms with Gasteiger partial charge >= 0.3 is 5.97 Å². The summed E-state index contributed by atoms with van der Waals surface area (Å²) in [6.07, 6.45) is 0. The summed E-state index contributed by atoms with van der Waals surface area (Å²) in [6, 6.07) is 5.56. The fraction of sp³-hybridized carbons (Fsp3) is 0.286. The number of carbonyl (C=O) groups excluding carboxylic acids is 1. The molecule has 1 aliphatic heterocycles. The van der Waals surface area contributed by atoms with E-state index < -0.39 is 11.9 Å². The number of halogens is 1. The van der Waals surface area contributed by atoms with Gasteiger partial charge in [-0.1, -0.05) is 15.9 Å². The molecule has 1 N–H and O–H groups in total. The first kappa shape index (κ1) is 13.2. The second-order valence-corrected chi connectivity index (χ2v) is 5.86. The van der Waals surface area contributed by atoms with Crippen LogP contribution < -0.4 is 0 Å². The van der Waals surface area contributed by atoms with Crippen molar-refractivity contribution in [2.75, 3.05) is 13.1 Å². The second-order valence-electron chi connectivity index (χ2n) is 4.94. The summed E-state index contributed by atoms with van der Waals surface area (Å²) >= 11 is 3.39. The van der Waals surface area contributed by atoms with Crippen LogP contribution in [0, 0.1) is 12.8 Å². The van der Waals surface area contributed by atoms with Crippen molar-refractivity contribution in [2.45, 2.75) is 6.92 Å². The van der Waals surface area contributed by atoms with Crippen LogP contribution in [0.3, 0.4) is 0 Å². The number of fused-ring (bicyclic) bond motifs is 1. The van der Waals surface area contributed by atoms with Crippen molar-refractivity contribution in [3.05, 3.63) is 34.0 Å². The molecule has 0 aliphatic carbocycles. The fourth-order valence-electron chi connectivity index (χ4n) is 2.34. The van der Waals surface area contributed by atoms with Crippen molar-refractivity contribution < 1.29 is 19.1 Å². The molecule has 1 aromatic heterocycles. The van der Waals surface area contributed by atoms with E-state index in [1.807, 2.05) is 19.1 Å². The molecule has 1 saturated heterocycles. The highest BCUT2D eigenvalue weighted by Gasteiger charge is 2.37. The minimum absolute atomic E-state index is 0.243. The van der Waals surface area contributed by atoms with Gasteiger partial charge in [0.15, 0.2) is 5.76 Å². The van der Waals surface area contributed by atoms with Crippen LogP contribution in [0.5, 0.6) is 0 Å². The van der Waals surface area contributed by atoms with Crippen molar-refractivity contribution in [3.63, 3.8) is 0 Å². The van der Waals surface area contributed by atoms with E-state index >= 15 is 0 Å². The van der Waals surface area contributed by atoms with Crippen molar-refractivity contribution in [2.24, 2.45) is 5.92 Å². The number of carbonyl (C=O) groups is 2. The van der Waals surface area contributed by atoms with Crippen LogP contribution in [0.15, 0.2) is 27.1 Å². The zero-order valence-electron chi connectivity index (χ0n) is 10.7. The van der Waals surface area contributed by atoms with Crippen LogP contribution in [0.1, 0.15) is 16.1 Å². The van der Waals surface area contributed by atoms with Crippen LogP contribution in [0.4, 0.5) is 0 Å². The topological polar surface area (TPSA) is 70.8 Å². The Morgan fingerprint density at radius 2 is 2.10 bits per heavy atom. The van der Waals surface area contributed by atoms with E-state index in [9.17, 15) is 9.59 Å². The van der Waals surface area contributed by atoms with Crippen molar-refractivity contribution >= 4 is 38.8 Å². The van der Waals surface area contributed by atoms with Gasteiger partial charge < -0.3 is 14.4 Å². The average Bonchev–Trinajstić information content (AvgIpc) is 2.64. The third kappa shape index (κ3) is 2.00. The smallest absolute Gasteiger partial charge is 0.310 e. The summed E-state index contributed by atoms with van der Waals surface area (Å²) in [6.45, 7) is 2.32. The number of hydrogen-bond donors (Lipinski definition) is 1. The maximum absolute atomic E-state index is 12.3. The third-order valence-corrected chi connectivity index (χ3v) is 4.10. The number of hydrogen-bond acceptors (Lipinski definition) is 3. The van der Waals surface area contributed by atoms with E-state index in [0.29, 0.717) is 11.3 Å². The molecule has 0 bridgehead atoms. The summed E-state index contributed by atoms with van der Waals surface area (Å²) < 4.78 is 6.53. The lowest BCUT2D eigenvalue weighted by Crippen LogP contribution is -2.53. The Kier molecular flexibility index (Phi) is 3.05. The number of rotatable bonds is 2. The molecule has 2 heterocycles. The molecule has 1 aliphatic rings. The van der Waals surface area contributed by atoms with E-state index in [1.54, 1.807) is 6.07 Å². The molecule has 6 heteroatoms. The zero-order chi connectivity index (χ0) is 14.4. The van der Waals surface area contributed by atoms with E-state index in [2.05, 4.69) is 15.9 Å². The first-order valence-corrected chi connectivity index (χ1v) is 6.97. The van der Waals surface area contributed by atoms with Gasteiger partial charge in [0.05, 0.1) is 5.92 Å². The van der Waals surface area contributed by atoms with Gasteiger partial charge in [-0.25, -0.2) is 0 Å². The fourth-order valence-corrected chi connectivity index (χ4v) is 2.70. The van der Waals surface area contributed by atoms with Crippen LogP contribution >= 0.6 is 15.9 Å². The maximum Gasteiger partial charge on any atom is 0.310 e. The Hall–Kier alpha value is -1.82. The number of aliphatic carboxylic acids is 1. The number of aryl methyl sites for hydroxylation is 1. The summed E-state index contributed by atoms with van der Waals surface area (Å²) in [5, 5.41) is 9.72. The van der Waals surface area contributed by atoms with Gasteiger partial charge in [0.1, 0.15) is 5.58 Å². The molecule has 0 saturated carbocycles. The Morgan fingerprint density at radius 3 is 2.75 bits per heavy atom. The maximum atomic E-state index is 12.3. The molecule has 5 nitrogen and oxygen atoms in total. The lowest BCUT2D eigenvalue weighted by molar-refractivity contribution is -0.146. The summed E-state index contributed by atoms with van der Waals surface area (Å²) in [5.41, 5.74) is 1.44. The Labute approximate surface area is 123 Å². The molecule has 0 spiro atoms. The van der Waals surface area contributed by atoms with Gasteiger partial charge in [0, 0.05) is 28.5 Å². The molecular formula is C14H12BrNO4. The summed E-state index contributed by atoms with van der Waals surface area (Å²) in [4.78, 5) is 24.6. The highest BCUT2D eigenvalue weighted by atomic mass is 79.9. The van der Waals surface area contributed by atoms with E-state index in [4.69, 9.17) is 9.52 Å². The second kappa shape index (κ2) is 4.63. The Balaban J connectivity index is 1.89. The van der Waals surface area contributed by atoms with E-state index in [0.717, 1.165) is 15.4 Å². The van der Waals surface area contributed by atoms with Gasteiger partial charge in [-0.2, -0.15) is 0 Å². The molecule has 1 fully saturated rings. The molecule has 0 unspecified atom stereocenters. The average molecular weight is 338 g/mol. The van der Waals surface area contributed by atoms with Crippen LogP contribution in [-0.4, -0.2) is 35.0 Å². The normalized spacial score (nSPS) is 15.4. The Morgan fingerprint density at radius 1 is 1.40 bits per heavy atom. The van der Waals surface area contributed by atoms with Crippen molar-refractivity contribution in [3.8, 4) is 0 Å². The van der Waals surface area contributed by atoms with Crippen molar-refractivity contribution in [1.82, 2.24) is 4.90 Å². The van der Waals surface area contributed by atoms with E-state index in [-0.39, 0.29) is 19.0 Å². The van der Waals surface area contributed by atoms with Crippen LogP contribution in [0.25, 0.3) is 11.0 Å². The minimum atomic E-state index is -0.862. The number of furan rings is 1. The molecule has 1 aromatic carbocycles. The van der Waals surface area contributed by atoms with E-state index in [1.165, 1.54) is 4.90 Å². The molecule has 1 amide bonds. The summed E-state index contributed by atoms with van der Waals surface area (Å²) in [7, 11) is 0. The standard InChI is InChI=1S/C14H12BrNO4/c1-7-10-4-9(15)2-3-11(10)20-12(7)13(17)16-5-8(6-16)14(18)19/h2-4,8H,5-6H2,1H3,(H,18,19). The quantitative estimate of drug-likeness (QED) is 0.914. The van der Waals surface area contributed by atoms with Crippen LogP contribution in [-0.2, 0) is 4.79 Å². The first-order valence-electron chi connectivity index (χ1n) is 6.18. The predicted molar refractivity (Wildman–Crippen MR) is 75.7 cm³/mol. The molecule has 20 heavy (non-hydrogen) atoms. The lowest BCUT2D eigenvalue weighted by atomic mass is 10.00. The SMILES string of the molecule is Cc1c(C(=O)N2CC(C(=O)O)C2)oc2ccc(Br)cc12. The summed E-state index contributed by atoms with van der Waals surface area (Å²) in [5.74, 6) is -1.27. The Bertz CT molecular complexity index is 715. The number of carboxylic acids is 1. The lowest BCUT2D eigenvalue weighted by Gasteiger charge is -2.36.